The monoisotopic (exact) mass is 265 g/mol. The van der Waals surface area contributed by atoms with Crippen LogP contribution in [-0.2, 0) is 4.79 Å². The predicted molar refractivity (Wildman–Crippen MR) is 71.7 cm³/mol. The molecule has 2 N–H and O–H groups in total. The Kier molecular flexibility index (Phi) is 3.37. The Morgan fingerprint density at radius 3 is 2.42 bits per heavy atom. The van der Waals surface area contributed by atoms with Gasteiger partial charge in [-0.15, -0.1) is 0 Å². The summed E-state index contributed by atoms with van der Waals surface area (Å²) in [6.07, 6.45) is 7.58. The Bertz CT molecular complexity index is 369. The van der Waals surface area contributed by atoms with Crippen molar-refractivity contribution in [2.45, 2.75) is 50.5 Å². The molecule has 0 radical (unpaired) electrons. The van der Waals surface area contributed by atoms with E-state index in [-0.39, 0.29) is 17.5 Å². The molecule has 0 unspecified atom stereocenters. The molecule has 106 valence electrons. The first-order chi connectivity index (χ1) is 9.19. The number of likely N-dealkylation sites (tertiary alicyclic amines) is 1. The maximum absolute atomic E-state index is 12.4. The number of piperidine rings is 1. The van der Waals surface area contributed by atoms with Crippen LogP contribution in [0.25, 0.3) is 0 Å². The first kappa shape index (κ1) is 12.8. The van der Waals surface area contributed by atoms with E-state index in [1.54, 1.807) is 0 Å². The van der Waals surface area contributed by atoms with Gasteiger partial charge in [0.25, 0.3) is 0 Å². The van der Waals surface area contributed by atoms with E-state index in [0.29, 0.717) is 12.5 Å². The average Bonchev–Trinajstić information content (AvgIpc) is 2.81. The Balaban J connectivity index is 1.54. The fourth-order valence-corrected chi connectivity index (χ4v) is 3.64. The molecule has 3 amide bonds. The van der Waals surface area contributed by atoms with Crippen LogP contribution in [0.3, 0.4) is 0 Å². The Hall–Kier alpha value is -1.26. The molecule has 0 aromatic heterocycles. The van der Waals surface area contributed by atoms with Crippen molar-refractivity contribution < 1.29 is 9.59 Å². The van der Waals surface area contributed by atoms with Crippen molar-refractivity contribution in [3.63, 3.8) is 0 Å². The predicted octanol–water partition coefficient (Wildman–Crippen LogP) is 1.24. The van der Waals surface area contributed by atoms with Gasteiger partial charge in [0.2, 0.25) is 5.91 Å². The van der Waals surface area contributed by atoms with Crippen LogP contribution in [0.4, 0.5) is 4.79 Å². The topological polar surface area (TPSA) is 61.4 Å². The summed E-state index contributed by atoms with van der Waals surface area (Å²) in [4.78, 5) is 25.7. The molecule has 2 heterocycles. The number of carbonyl (C=O) groups excluding carboxylic acids is 2. The molecule has 1 spiro atoms. The first-order valence-corrected chi connectivity index (χ1v) is 7.53. The summed E-state index contributed by atoms with van der Waals surface area (Å²) in [5.74, 6) is 0.617. The highest BCUT2D eigenvalue weighted by Gasteiger charge is 2.41. The van der Waals surface area contributed by atoms with Crippen LogP contribution >= 0.6 is 0 Å². The summed E-state index contributed by atoms with van der Waals surface area (Å²) >= 11 is 0. The maximum atomic E-state index is 12.4. The maximum Gasteiger partial charge on any atom is 0.315 e. The second-order valence-electron chi connectivity index (χ2n) is 6.25. The third-order valence-electron chi connectivity index (χ3n) is 4.95. The van der Waals surface area contributed by atoms with Crippen LogP contribution in [0.15, 0.2) is 0 Å². The highest BCUT2D eigenvalue weighted by atomic mass is 16.2. The molecule has 1 aliphatic carbocycles. The Morgan fingerprint density at radius 2 is 1.84 bits per heavy atom. The lowest BCUT2D eigenvalue weighted by molar-refractivity contribution is -0.138. The summed E-state index contributed by atoms with van der Waals surface area (Å²) in [5, 5.41) is 5.85. The Morgan fingerprint density at radius 1 is 1.16 bits per heavy atom. The number of hydrogen-bond acceptors (Lipinski definition) is 2. The molecule has 1 saturated carbocycles. The van der Waals surface area contributed by atoms with Crippen molar-refractivity contribution in [1.82, 2.24) is 15.5 Å². The number of amides is 3. The molecule has 3 aliphatic rings. The number of nitrogens with zero attached hydrogens (tertiary/aromatic N) is 1. The zero-order chi connectivity index (χ0) is 13.3. The van der Waals surface area contributed by atoms with Crippen molar-refractivity contribution in [2.75, 3.05) is 19.6 Å². The zero-order valence-corrected chi connectivity index (χ0v) is 11.4. The lowest BCUT2D eigenvalue weighted by Crippen LogP contribution is -2.54. The van der Waals surface area contributed by atoms with Crippen LogP contribution in [0.5, 0.6) is 0 Å². The number of urea groups is 1. The van der Waals surface area contributed by atoms with Gasteiger partial charge >= 0.3 is 6.03 Å². The van der Waals surface area contributed by atoms with Gasteiger partial charge in [-0.2, -0.15) is 0 Å². The molecule has 0 aromatic rings. The van der Waals surface area contributed by atoms with Gasteiger partial charge in [-0.1, -0.05) is 19.3 Å². The van der Waals surface area contributed by atoms with Gasteiger partial charge in [-0.05, 0) is 25.7 Å². The van der Waals surface area contributed by atoms with E-state index in [2.05, 4.69) is 10.6 Å². The molecule has 2 saturated heterocycles. The molecule has 19 heavy (non-hydrogen) atoms. The molecule has 2 aliphatic heterocycles. The second kappa shape index (κ2) is 5.02. The van der Waals surface area contributed by atoms with Crippen LogP contribution in [-0.4, -0.2) is 42.0 Å². The third-order valence-corrected chi connectivity index (χ3v) is 4.95. The zero-order valence-electron chi connectivity index (χ0n) is 11.4. The highest BCUT2D eigenvalue weighted by molar-refractivity contribution is 5.80. The van der Waals surface area contributed by atoms with Gasteiger partial charge in [0.1, 0.15) is 0 Å². The minimum Gasteiger partial charge on any atom is -0.342 e. The molecular formula is C14H23N3O2. The van der Waals surface area contributed by atoms with E-state index in [4.69, 9.17) is 0 Å². The van der Waals surface area contributed by atoms with Crippen molar-refractivity contribution in [3.8, 4) is 0 Å². The van der Waals surface area contributed by atoms with Crippen molar-refractivity contribution >= 4 is 11.9 Å². The minimum absolute atomic E-state index is 0.0629. The van der Waals surface area contributed by atoms with Crippen LogP contribution < -0.4 is 10.6 Å². The SMILES string of the molecule is O=C1NCC2(CCN(C(=O)C3CCCCC3)CC2)N1. The number of nitrogens with one attached hydrogen (secondary N) is 2. The van der Waals surface area contributed by atoms with E-state index in [1.165, 1.54) is 19.3 Å². The Labute approximate surface area is 114 Å². The van der Waals surface area contributed by atoms with Crippen LogP contribution in [0.2, 0.25) is 0 Å². The van der Waals surface area contributed by atoms with Crippen LogP contribution in [0, 0.1) is 5.92 Å². The van der Waals surface area contributed by atoms with E-state index < -0.39 is 0 Å². The number of carbonyl (C=O) groups is 2. The lowest BCUT2D eigenvalue weighted by Gasteiger charge is -2.40. The van der Waals surface area contributed by atoms with E-state index in [0.717, 1.165) is 38.8 Å². The minimum atomic E-state index is -0.0968. The quantitative estimate of drug-likeness (QED) is 0.749. The van der Waals surface area contributed by atoms with Gasteiger partial charge < -0.3 is 15.5 Å². The molecule has 0 atom stereocenters. The van der Waals surface area contributed by atoms with Crippen LogP contribution in [0.1, 0.15) is 44.9 Å². The summed E-state index contributed by atoms with van der Waals surface area (Å²) in [6.45, 7) is 2.28. The first-order valence-electron chi connectivity index (χ1n) is 7.53. The second-order valence-corrected chi connectivity index (χ2v) is 6.25. The van der Waals surface area contributed by atoms with E-state index in [1.807, 2.05) is 4.90 Å². The fourth-order valence-electron chi connectivity index (χ4n) is 3.64. The number of hydrogen-bond donors (Lipinski definition) is 2. The molecule has 5 heteroatoms. The smallest absolute Gasteiger partial charge is 0.315 e. The molecule has 0 bridgehead atoms. The molecule has 0 aromatic carbocycles. The van der Waals surface area contributed by atoms with Gasteiger partial charge in [0.15, 0.2) is 0 Å². The highest BCUT2D eigenvalue weighted by Crippen LogP contribution is 2.29. The van der Waals surface area contributed by atoms with E-state index in [9.17, 15) is 9.59 Å². The molecular weight excluding hydrogens is 242 g/mol. The summed E-state index contributed by atoms with van der Waals surface area (Å²) in [5.41, 5.74) is -0.0968. The van der Waals surface area contributed by atoms with Crippen molar-refractivity contribution in [2.24, 2.45) is 5.92 Å². The van der Waals surface area contributed by atoms with Gasteiger partial charge in [-0.3, -0.25) is 4.79 Å². The summed E-state index contributed by atoms with van der Waals surface area (Å²) in [6, 6.07) is -0.0629. The molecule has 5 nitrogen and oxygen atoms in total. The van der Waals surface area contributed by atoms with Gasteiger partial charge in [-0.25, -0.2) is 4.79 Å². The standard InChI is InChI=1S/C14H23N3O2/c18-12(11-4-2-1-3-5-11)17-8-6-14(7-9-17)10-15-13(19)16-14/h11H,1-10H2,(H2,15,16,19). The normalized spacial score (nSPS) is 27.2. The largest absolute Gasteiger partial charge is 0.342 e. The summed E-state index contributed by atoms with van der Waals surface area (Å²) in [7, 11) is 0. The molecule has 3 rings (SSSR count). The average molecular weight is 265 g/mol. The lowest BCUT2D eigenvalue weighted by atomic mass is 9.85. The third kappa shape index (κ3) is 2.55. The molecule has 3 fully saturated rings. The van der Waals surface area contributed by atoms with Crippen molar-refractivity contribution in [3.05, 3.63) is 0 Å². The fraction of sp³-hybridized carbons (Fsp3) is 0.857. The number of rotatable bonds is 1. The van der Waals surface area contributed by atoms with Crippen molar-refractivity contribution in [1.29, 1.82) is 0 Å². The van der Waals surface area contributed by atoms with Gasteiger partial charge in [0, 0.05) is 25.6 Å². The van der Waals surface area contributed by atoms with Gasteiger partial charge in [0.05, 0.1) is 5.54 Å². The summed E-state index contributed by atoms with van der Waals surface area (Å²) < 4.78 is 0. The van der Waals surface area contributed by atoms with E-state index >= 15 is 0 Å².